The Kier molecular flexibility index (Phi) is 6.28. The molecule has 4 nitrogen and oxygen atoms in total. The van der Waals surface area contributed by atoms with E-state index in [1.54, 1.807) is 0 Å². The summed E-state index contributed by atoms with van der Waals surface area (Å²) in [5, 5.41) is 2.73. The zero-order chi connectivity index (χ0) is 11.1. The minimum Gasteiger partial charge on any atom is -0.449 e. The molecule has 0 rings (SSSR count). The minimum atomic E-state index is -0.355. The number of ether oxygens (including phenoxy) is 1. The largest absolute Gasteiger partial charge is 0.449 e. The van der Waals surface area contributed by atoms with E-state index in [0.717, 1.165) is 6.42 Å². The molecule has 1 amide bonds. The molecule has 0 aromatic rings. The standard InChI is InChI=1S/C10H22N2O2/c1-7(2)6-14-10(13)12-9(4)5-8(3)11/h7-9H,5-6,11H2,1-4H3,(H,12,13). The molecule has 0 spiro atoms. The van der Waals surface area contributed by atoms with Crippen molar-refractivity contribution in [3.63, 3.8) is 0 Å². The van der Waals surface area contributed by atoms with Crippen molar-refractivity contribution in [1.82, 2.24) is 5.32 Å². The highest BCUT2D eigenvalue weighted by Gasteiger charge is 2.10. The smallest absolute Gasteiger partial charge is 0.407 e. The highest BCUT2D eigenvalue weighted by Crippen LogP contribution is 1.97. The third-order valence-corrected chi connectivity index (χ3v) is 1.64. The SMILES string of the molecule is CC(C)COC(=O)NC(C)CC(C)N. The maximum Gasteiger partial charge on any atom is 0.407 e. The summed E-state index contributed by atoms with van der Waals surface area (Å²) in [7, 11) is 0. The number of rotatable bonds is 5. The molecule has 0 saturated heterocycles. The molecule has 0 aliphatic rings. The van der Waals surface area contributed by atoms with Gasteiger partial charge in [0.1, 0.15) is 0 Å². The van der Waals surface area contributed by atoms with Crippen LogP contribution in [0.1, 0.15) is 34.1 Å². The number of carbonyl (C=O) groups is 1. The summed E-state index contributed by atoms with van der Waals surface area (Å²) < 4.78 is 4.96. The van der Waals surface area contributed by atoms with Crippen LogP contribution in [0.15, 0.2) is 0 Å². The van der Waals surface area contributed by atoms with E-state index in [1.165, 1.54) is 0 Å². The zero-order valence-electron chi connectivity index (χ0n) is 9.54. The highest BCUT2D eigenvalue weighted by atomic mass is 16.5. The van der Waals surface area contributed by atoms with E-state index in [0.29, 0.717) is 12.5 Å². The predicted octanol–water partition coefficient (Wildman–Crippen LogP) is 1.49. The molecule has 2 atom stereocenters. The van der Waals surface area contributed by atoms with Crippen LogP contribution < -0.4 is 11.1 Å². The zero-order valence-corrected chi connectivity index (χ0v) is 9.54. The fourth-order valence-electron chi connectivity index (χ4n) is 1.10. The summed E-state index contributed by atoms with van der Waals surface area (Å²) in [5.41, 5.74) is 5.60. The Hall–Kier alpha value is -0.770. The molecule has 0 heterocycles. The van der Waals surface area contributed by atoms with Crippen molar-refractivity contribution >= 4 is 6.09 Å². The van der Waals surface area contributed by atoms with Crippen LogP contribution in [0.3, 0.4) is 0 Å². The van der Waals surface area contributed by atoms with Crippen LogP contribution in [0.2, 0.25) is 0 Å². The number of carbonyl (C=O) groups excluding carboxylic acids is 1. The third-order valence-electron chi connectivity index (χ3n) is 1.64. The summed E-state index contributed by atoms with van der Waals surface area (Å²) in [5.74, 6) is 0.365. The first-order valence-corrected chi connectivity index (χ1v) is 5.10. The number of amides is 1. The molecule has 0 aromatic heterocycles. The van der Waals surface area contributed by atoms with Gasteiger partial charge in [0, 0.05) is 12.1 Å². The second-order valence-electron chi connectivity index (χ2n) is 4.25. The van der Waals surface area contributed by atoms with Gasteiger partial charge in [-0.3, -0.25) is 0 Å². The fourth-order valence-corrected chi connectivity index (χ4v) is 1.10. The molecule has 0 aliphatic heterocycles. The molecular formula is C10H22N2O2. The van der Waals surface area contributed by atoms with Crippen molar-refractivity contribution in [3.05, 3.63) is 0 Å². The molecule has 0 bridgehead atoms. The lowest BCUT2D eigenvalue weighted by molar-refractivity contribution is 0.129. The molecule has 84 valence electrons. The van der Waals surface area contributed by atoms with E-state index in [9.17, 15) is 4.79 Å². The molecular weight excluding hydrogens is 180 g/mol. The van der Waals surface area contributed by atoms with Gasteiger partial charge in [-0.2, -0.15) is 0 Å². The Labute approximate surface area is 86.2 Å². The lowest BCUT2D eigenvalue weighted by atomic mass is 10.1. The fraction of sp³-hybridized carbons (Fsp3) is 0.900. The van der Waals surface area contributed by atoms with E-state index >= 15 is 0 Å². The molecule has 0 aromatic carbocycles. The van der Waals surface area contributed by atoms with Crippen molar-refractivity contribution in [1.29, 1.82) is 0 Å². The quantitative estimate of drug-likeness (QED) is 0.710. The third kappa shape index (κ3) is 7.86. The predicted molar refractivity (Wildman–Crippen MR) is 57.1 cm³/mol. The molecule has 0 saturated carbocycles. The summed E-state index contributed by atoms with van der Waals surface area (Å²) in [6.07, 6.45) is 0.406. The maximum absolute atomic E-state index is 11.2. The van der Waals surface area contributed by atoms with E-state index < -0.39 is 0 Å². The average molecular weight is 202 g/mol. The number of alkyl carbamates (subject to hydrolysis) is 1. The van der Waals surface area contributed by atoms with Crippen molar-refractivity contribution in [2.75, 3.05) is 6.61 Å². The number of hydrogen-bond donors (Lipinski definition) is 2. The van der Waals surface area contributed by atoms with Crippen LogP contribution in [0, 0.1) is 5.92 Å². The summed E-state index contributed by atoms with van der Waals surface area (Å²) in [4.78, 5) is 11.2. The van der Waals surface area contributed by atoms with Gasteiger partial charge in [-0.05, 0) is 26.2 Å². The molecule has 4 heteroatoms. The average Bonchev–Trinajstić information content (AvgIpc) is 1.98. The van der Waals surface area contributed by atoms with Crippen LogP contribution >= 0.6 is 0 Å². The van der Waals surface area contributed by atoms with Gasteiger partial charge in [0.2, 0.25) is 0 Å². The Morgan fingerprint density at radius 3 is 2.36 bits per heavy atom. The van der Waals surface area contributed by atoms with Gasteiger partial charge in [0.05, 0.1) is 6.61 Å². The van der Waals surface area contributed by atoms with Gasteiger partial charge in [0.25, 0.3) is 0 Å². The Morgan fingerprint density at radius 1 is 1.36 bits per heavy atom. The second kappa shape index (κ2) is 6.65. The van der Waals surface area contributed by atoms with Gasteiger partial charge in [0.15, 0.2) is 0 Å². The maximum atomic E-state index is 11.2. The Balaban J connectivity index is 3.60. The molecule has 3 N–H and O–H groups in total. The molecule has 0 fully saturated rings. The minimum absolute atomic E-state index is 0.0645. The van der Waals surface area contributed by atoms with Gasteiger partial charge in [-0.1, -0.05) is 13.8 Å². The van der Waals surface area contributed by atoms with E-state index in [1.807, 2.05) is 27.7 Å². The van der Waals surface area contributed by atoms with Crippen LogP contribution in [-0.4, -0.2) is 24.8 Å². The van der Waals surface area contributed by atoms with Crippen molar-refractivity contribution in [3.8, 4) is 0 Å². The van der Waals surface area contributed by atoms with E-state index in [-0.39, 0.29) is 18.2 Å². The van der Waals surface area contributed by atoms with Gasteiger partial charge < -0.3 is 15.8 Å². The second-order valence-corrected chi connectivity index (χ2v) is 4.25. The molecule has 14 heavy (non-hydrogen) atoms. The monoisotopic (exact) mass is 202 g/mol. The van der Waals surface area contributed by atoms with E-state index in [4.69, 9.17) is 10.5 Å². The summed E-state index contributed by atoms with van der Waals surface area (Å²) in [6.45, 7) is 8.28. The molecule has 0 radical (unpaired) electrons. The number of nitrogens with two attached hydrogens (primary N) is 1. The van der Waals surface area contributed by atoms with E-state index in [2.05, 4.69) is 5.32 Å². The lowest BCUT2D eigenvalue weighted by Gasteiger charge is -2.16. The topological polar surface area (TPSA) is 64.3 Å². The normalized spacial score (nSPS) is 15.0. The Bertz CT molecular complexity index is 170. The molecule has 0 aliphatic carbocycles. The van der Waals surface area contributed by atoms with Gasteiger partial charge in [-0.15, -0.1) is 0 Å². The first kappa shape index (κ1) is 13.2. The summed E-state index contributed by atoms with van der Waals surface area (Å²) in [6, 6.07) is 0.157. The van der Waals surface area contributed by atoms with Crippen LogP contribution in [0.25, 0.3) is 0 Å². The first-order chi connectivity index (χ1) is 6.41. The van der Waals surface area contributed by atoms with Gasteiger partial charge >= 0.3 is 6.09 Å². The van der Waals surface area contributed by atoms with Crippen molar-refractivity contribution in [2.24, 2.45) is 11.7 Å². The number of hydrogen-bond acceptors (Lipinski definition) is 3. The summed E-state index contributed by atoms with van der Waals surface area (Å²) >= 11 is 0. The highest BCUT2D eigenvalue weighted by molar-refractivity contribution is 5.67. The van der Waals surface area contributed by atoms with Crippen molar-refractivity contribution < 1.29 is 9.53 Å². The van der Waals surface area contributed by atoms with Crippen LogP contribution in [-0.2, 0) is 4.74 Å². The number of nitrogens with one attached hydrogen (secondary N) is 1. The molecule has 2 unspecified atom stereocenters. The lowest BCUT2D eigenvalue weighted by Crippen LogP contribution is -2.37. The van der Waals surface area contributed by atoms with Crippen LogP contribution in [0.5, 0.6) is 0 Å². The Morgan fingerprint density at radius 2 is 1.93 bits per heavy atom. The van der Waals surface area contributed by atoms with Gasteiger partial charge in [-0.25, -0.2) is 4.79 Å². The van der Waals surface area contributed by atoms with Crippen molar-refractivity contribution in [2.45, 2.75) is 46.2 Å². The van der Waals surface area contributed by atoms with Crippen LogP contribution in [0.4, 0.5) is 4.79 Å². The first-order valence-electron chi connectivity index (χ1n) is 5.10.